The molecule has 1 saturated heterocycles. The average molecular weight is 246 g/mol. The number of rotatable bonds is 2. The molecule has 2 N–H and O–H groups in total. The maximum Gasteiger partial charge on any atom is 0.306 e. The minimum atomic E-state index is -0.713. The predicted octanol–water partition coefficient (Wildman–Crippen LogP) is 0.855. The van der Waals surface area contributed by atoms with E-state index in [2.05, 4.69) is 15.4 Å². The van der Waals surface area contributed by atoms with Crippen molar-refractivity contribution in [1.29, 1.82) is 0 Å². The van der Waals surface area contributed by atoms with Gasteiger partial charge in [0.25, 0.3) is 0 Å². The van der Waals surface area contributed by atoms with E-state index in [1.165, 1.54) is 0 Å². The highest BCUT2D eigenvalue weighted by Gasteiger charge is 2.27. The van der Waals surface area contributed by atoms with E-state index in [-0.39, 0.29) is 12.0 Å². The van der Waals surface area contributed by atoms with Gasteiger partial charge in [-0.2, -0.15) is 5.10 Å². The topological polar surface area (TPSA) is 79.5 Å². The van der Waals surface area contributed by atoms with Crippen LogP contribution in [0.5, 0.6) is 0 Å². The van der Waals surface area contributed by atoms with E-state index in [4.69, 9.17) is 5.11 Å². The standard InChI is InChI=1S/C12H14N4O2/c17-12(18)8-1-3-13-10(5-8)9-6-14-11-2-4-15-16(11)7-9/h2,4,6-8,10,13H,1,3,5H2,(H,17,18). The molecule has 1 fully saturated rings. The van der Waals surface area contributed by atoms with Crippen LogP contribution in [-0.2, 0) is 4.79 Å². The zero-order valence-electron chi connectivity index (χ0n) is 9.78. The summed E-state index contributed by atoms with van der Waals surface area (Å²) in [5.41, 5.74) is 1.78. The summed E-state index contributed by atoms with van der Waals surface area (Å²) in [5.74, 6) is -0.987. The van der Waals surface area contributed by atoms with Crippen molar-refractivity contribution in [2.75, 3.05) is 6.54 Å². The van der Waals surface area contributed by atoms with Gasteiger partial charge in [-0.25, -0.2) is 9.50 Å². The summed E-state index contributed by atoms with van der Waals surface area (Å²) < 4.78 is 1.71. The summed E-state index contributed by atoms with van der Waals surface area (Å²) in [6.07, 6.45) is 6.68. The highest BCUT2D eigenvalue weighted by Crippen LogP contribution is 2.26. The molecule has 6 heteroatoms. The quantitative estimate of drug-likeness (QED) is 0.821. The lowest BCUT2D eigenvalue weighted by Crippen LogP contribution is -2.35. The second kappa shape index (κ2) is 4.38. The Kier molecular flexibility index (Phi) is 2.71. The first-order valence-corrected chi connectivity index (χ1v) is 5.99. The molecule has 0 spiro atoms. The lowest BCUT2D eigenvalue weighted by Gasteiger charge is -2.28. The largest absolute Gasteiger partial charge is 0.481 e. The molecule has 18 heavy (non-hydrogen) atoms. The van der Waals surface area contributed by atoms with Crippen molar-refractivity contribution in [3.05, 3.63) is 30.2 Å². The monoisotopic (exact) mass is 246 g/mol. The van der Waals surface area contributed by atoms with Crippen molar-refractivity contribution in [2.45, 2.75) is 18.9 Å². The molecule has 2 atom stereocenters. The fraction of sp³-hybridized carbons (Fsp3) is 0.417. The van der Waals surface area contributed by atoms with Gasteiger partial charge in [0.15, 0.2) is 5.65 Å². The van der Waals surface area contributed by atoms with E-state index in [0.717, 1.165) is 17.8 Å². The van der Waals surface area contributed by atoms with Crippen molar-refractivity contribution in [3.63, 3.8) is 0 Å². The molecule has 1 aliphatic rings. The number of carboxylic acid groups (broad SMARTS) is 1. The summed E-state index contributed by atoms with van der Waals surface area (Å²) in [6.45, 7) is 0.721. The Bertz CT molecular complexity index is 580. The van der Waals surface area contributed by atoms with Crippen LogP contribution in [0.25, 0.3) is 5.65 Å². The smallest absolute Gasteiger partial charge is 0.306 e. The van der Waals surface area contributed by atoms with Gasteiger partial charge in [0.05, 0.1) is 12.1 Å². The van der Waals surface area contributed by atoms with Gasteiger partial charge in [-0.05, 0) is 19.4 Å². The van der Waals surface area contributed by atoms with E-state index in [1.807, 2.05) is 12.3 Å². The lowest BCUT2D eigenvalue weighted by atomic mass is 9.90. The van der Waals surface area contributed by atoms with Crippen molar-refractivity contribution in [1.82, 2.24) is 19.9 Å². The Balaban J connectivity index is 1.86. The number of piperidine rings is 1. The SMILES string of the molecule is O=C(O)C1CCNC(c2cnc3ccnn3c2)C1. The molecule has 1 aliphatic heterocycles. The number of aliphatic carboxylic acids is 1. The molecule has 2 aromatic rings. The van der Waals surface area contributed by atoms with E-state index < -0.39 is 5.97 Å². The summed E-state index contributed by atoms with van der Waals surface area (Å²) in [5, 5.41) is 16.6. The van der Waals surface area contributed by atoms with Crippen LogP contribution in [0, 0.1) is 5.92 Å². The second-order valence-electron chi connectivity index (χ2n) is 4.59. The zero-order chi connectivity index (χ0) is 12.5. The normalized spacial score (nSPS) is 24.2. The van der Waals surface area contributed by atoms with Gasteiger partial charge in [-0.1, -0.05) is 0 Å². The summed E-state index contributed by atoms with van der Waals surface area (Å²) >= 11 is 0. The maximum atomic E-state index is 11.0. The van der Waals surface area contributed by atoms with Crippen LogP contribution in [-0.4, -0.2) is 32.2 Å². The number of carbonyl (C=O) groups is 1. The zero-order valence-corrected chi connectivity index (χ0v) is 9.78. The van der Waals surface area contributed by atoms with Crippen LogP contribution >= 0.6 is 0 Å². The second-order valence-corrected chi connectivity index (χ2v) is 4.59. The molecule has 0 bridgehead atoms. The first kappa shape index (κ1) is 11.2. The Labute approximate surface area is 104 Å². The van der Waals surface area contributed by atoms with E-state index in [1.54, 1.807) is 16.9 Å². The van der Waals surface area contributed by atoms with Crippen LogP contribution in [0.3, 0.4) is 0 Å². The molecule has 2 unspecified atom stereocenters. The number of aromatic nitrogens is 3. The Morgan fingerprint density at radius 2 is 2.44 bits per heavy atom. The minimum Gasteiger partial charge on any atom is -0.481 e. The van der Waals surface area contributed by atoms with Gasteiger partial charge >= 0.3 is 5.97 Å². The molecular weight excluding hydrogens is 232 g/mol. The third kappa shape index (κ3) is 1.95. The van der Waals surface area contributed by atoms with Crippen molar-refractivity contribution < 1.29 is 9.90 Å². The number of carboxylic acids is 1. The molecule has 0 amide bonds. The molecule has 0 aromatic carbocycles. The Hall–Kier alpha value is -1.95. The number of nitrogens with one attached hydrogen (secondary N) is 1. The van der Waals surface area contributed by atoms with Gasteiger partial charge in [-0.15, -0.1) is 0 Å². The van der Waals surface area contributed by atoms with E-state index in [0.29, 0.717) is 12.8 Å². The first-order chi connectivity index (χ1) is 8.74. The van der Waals surface area contributed by atoms with Crippen LogP contribution in [0.15, 0.2) is 24.7 Å². The van der Waals surface area contributed by atoms with Crippen molar-refractivity contribution >= 4 is 11.6 Å². The van der Waals surface area contributed by atoms with Crippen LogP contribution in [0.2, 0.25) is 0 Å². The molecule has 0 aliphatic carbocycles. The van der Waals surface area contributed by atoms with Gasteiger partial charge in [0, 0.05) is 30.1 Å². The lowest BCUT2D eigenvalue weighted by molar-refractivity contribution is -0.143. The maximum absolute atomic E-state index is 11.0. The van der Waals surface area contributed by atoms with Gasteiger partial charge in [-0.3, -0.25) is 4.79 Å². The van der Waals surface area contributed by atoms with E-state index >= 15 is 0 Å². The fourth-order valence-corrected chi connectivity index (χ4v) is 2.40. The van der Waals surface area contributed by atoms with Crippen molar-refractivity contribution in [2.24, 2.45) is 5.92 Å². The number of nitrogens with zero attached hydrogens (tertiary/aromatic N) is 3. The fourth-order valence-electron chi connectivity index (χ4n) is 2.40. The third-order valence-corrected chi connectivity index (χ3v) is 3.42. The molecule has 0 radical (unpaired) electrons. The molecule has 2 aromatic heterocycles. The molecular formula is C12H14N4O2. The van der Waals surface area contributed by atoms with Gasteiger partial charge in [0.1, 0.15) is 0 Å². The minimum absolute atomic E-state index is 0.0425. The van der Waals surface area contributed by atoms with Crippen LogP contribution < -0.4 is 5.32 Å². The van der Waals surface area contributed by atoms with E-state index in [9.17, 15) is 4.79 Å². The van der Waals surface area contributed by atoms with Crippen LogP contribution in [0.4, 0.5) is 0 Å². The highest BCUT2D eigenvalue weighted by atomic mass is 16.4. The Morgan fingerprint density at radius 1 is 1.56 bits per heavy atom. The number of hydrogen-bond acceptors (Lipinski definition) is 4. The van der Waals surface area contributed by atoms with Gasteiger partial charge in [0.2, 0.25) is 0 Å². The average Bonchev–Trinajstić information content (AvgIpc) is 2.86. The van der Waals surface area contributed by atoms with Crippen LogP contribution in [0.1, 0.15) is 24.4 Å². The first-order valence-electron chi connectivity index (χ1n) is 5.99. The summed E-state index contributed by atoms with van der Waals surface area (Å²) in [7, 11) is 0. The number of fused-ring (bicyclic) bond motifs is 1. The Morgan fingerprint density at radius 3 is 3.28 bits per heavy atom. The molecule has 3 heterocycles. The summed E-state index contributed by atoms with van der Waals surface area (Å²) in [4.78, 5) is 15.3. The molecule has 6 nitrogen and oxygen atoms in total. The summed E-state index contributed by atoms with van der Waals surface area (Å²) in [6, 6.07) is 1.87. The number of hydrogen-bond donors (Lipinski definition) is 2. The predicted molar refractivity (Wildman–Crippen MR) is 64.1 cm³/mol. The third-order valence-electron chi connectivity index (χ3n) is 3.42. The molecule has 94 valence electrons. The van der Waals surface area contributed by atoms with Crippen molar-refractivity contribution in [3.8, 4) is 0 Å². The highest BCUT2D eigenvalue weighted by molar-refractivity contribution is 5.70. The molecule has 3 rings (SSSR count). The molecule has 0 saturated carbocycles. The van der Waals surface area contributed by atoms with Gasteiger partial charge < -0.3 is 10.4 Å².